The summed E-state index contributed by atoms with van der Waals surface area (Å²) in [4.78, 5) is 0. The molecular formula is C18H20ClNO. The predicted molar refractivity (Wildman–Crippen MR) is 87.0 cm³/mol. The van der Waals surface area contributed by atoms with Crippen molar-refractivity contribution in [3.8, 4) is 5.75 Å². The van der Waals surface area contributed by atoms with Gasteiger partial charge in [0.25, 0.3) is 0 Å². The molecule has 0 saturated heterocycles. The van der Waals surface area contributed by atoms with E-state index in [1.165, 1.54) is 11.1 Å². The fourth-order valence-electron chi connectivity index (χ4n) is 2.94. The number of halogens is 1. The lowest BCUT2D eigenvalue weighted by molar-refractivity contribution is 0.178. The van der Waals surface area contributed by atoms with Crippen molar-refractivity contribution < 1.29 is 4.74 Å². The lowest BCUT2D eigenvalue weighted by Gasteiger charge is -2.33. The zero-order valence-corrected chi connectivity index (χ0v) is 12.9. The first kappa shape index (κ1) is 14.4. The van der Waals surface area contributed by atoms with Gasteiger partial charge in [-0.2, -0.15) is 0 Å². The molecule has 21 heavy (non-hydrogen) atoms. The highest BCUT2D eigenvalue weighted by Gasteiger charge is 2.29. The van der Waals surface area contributed by atoms with Gasteiger partial charge in [-0.05, 0) is 55.0 Å². The fraction of sp³-hybridized carbons (Fsp3) is 0.333. The van der Waals surface area contributed by atoms with Crippen molar-refractivity contribution in [2.24, 2.45) is 5.73 Å². The van der Waals surface area contributed by atoms with Gasteiger partial charge in [0.1, 0.15) is 11.9 Å². The van der Waals surface area contributed by atoms with Gasteiger partial charge in [0.05, 0.1) is 0 Å². The van der Waals surface area contributed by atoms with E-state index >= 15 is 0 Å². The minimum absolute atomic E-state index is 0.0161. The number of benzene rings is 2. The molecule has 0 aromatic heterocycles. The second-order valence-electron chi connectivity index (χ2n) is 5.78. The molecule has 1 aliphatic carbocycles. The van der Waals surface area contributed by atoms with E-state index in [9.17, 15) is 0 Å². The lowest BCUT2D eigenvalue weighted by Crippen LogP contribution is -2.39. The van der Waals surface area contributed by atoms with Crippen LogP contribution in [0.5, 0.6) is 5.75 Å². The molecule has 0 saturated carbocycles. The molecule has 3 unspecified atom stereocenters. The molecule has 0 aliphatic heterocycles. The maximum Gasteiger partial charge on any atom is 0.121 e. The summed E-state index contributed by atoms with van der Waals surface area (Å²) < 4.78 is 5.90. The molecule has 0 amide bonds. The monoisotopic (exact) mass is 301 g/mol. The average Bonchev–Trinajstić information content (AvgIpc) is 2.44. The highest BCUT2D eigenvalue weighted by atomic mass is 35.5. The fourth-order valence-corrected chi connectivity index (χ4v) is 3.12. The van der Waals surface area contributed by atoms with Crippen LogP contribution in [0, 0.1) is 0 Å². The largest absolute Gasteiger partial charge is 0.489 e. The summed E-state index contributed by atoms with van der Waals surface area (Å²) in [7, 11) is 0. The molecule has 0 spiro atoms. The van der Waals surface area contributed by atoms with Crippen LogP contribution in [0.15, 0.2) is 48.5 Å². The van der Waals surface area contributed by atoms with Crippen molar-refractivity contribution in [2.45, 2.75) is 37.8 Å². The summed E-state index contributed by atoms with van der Waals surface area (Å²) in [5.41, 5.74) is 9.22. The summed E-state index contributed by atoms with van der Waals surface area (Å²) in [5.74, 6) is 1.35. The zero-order valence-electron chi connectivity index (χ0n) is 12.1. The minimum atomic E-state index is -0.0313. The van der Waals surface area contributed by atoms with Crippen LogP contribution < -0.4 is 10.5 Å². The number of fused-ring (bicyclic) bond motifs is 1. The van der Waals surface area contributed by atoms with Crippen molar-refractivity contribution in [1.29, 1.82) is 0 Å². The second kappa shape index (κ2) is 6.08. The summed E-state index contributed by atoms with van der Waals surface area (Å²) in [6.07, 6.45) is 2.06. The first-order valence-corrected chi connectivity index (χ1v) is 7.77. The smallest absolute Gasteiger partial charge is 0.121 e. The Morgan fingerprint density at radius 2 is 2.05 bits per heavy atom. The first-order valence-electron chi connectivity index (χ1n) is 7.39. The Kier molecular flexibility index (Phi) is 4.18. The molecule has 0 bridgehead atoms. The number of nitrogens with two attached hydrogens (primary N) is 1. The second-order valence-corrected chi connectivity index (χ2v) is 6.22. The molecular weight excluding hydrogens is 282 g/mol. The van der Waals surface area contributed by atoms with Gasteiger partial charge in [0, 0.05) is 11.1 Å². The molecule has 3 rings (SSSR count). The Hall–Kier alpha value is -1.51. The van der Waals surface area contributed by atoms with E-state index in [-0.39, 0.29) is 12.1 Å². The molecule has 2 aromatic rings. The van der Waals surface area contributed by atoms with Crippen LogP contribution >= 0.6 is 11.6 Å². The number of ether oxygens (including phenoxy) is 1. The van der Waals surface area contributed by atoms with Crippen LogP contribution in [-0.2, 0) is 6.42 Å². The van der Waals surface area contributed by atoms with Gasteiger partial charge in [-0.1, -0.05) is 41.9 Å². The summed E-state index contributed by atoms with van der Waals surface area (Å²) >= 11 is 5.97. The number of rotatable bonds is 5. The van der Waals surface area contributed by atoms with Crippen molar-refractivity contribution in [3.05, 3.63) is 64.7 Å². The molecule has 0 radical (unpaired) electrons. The molecule has 3 heteroatoms. The van der Waals surface area contributed by atoms with Crippen LogP contribution in [0.3, 0.4) is 0 Å². The van der Waals surface area contributed by atoms with E-state index in [2.05, 4.69) is 24.3 Å². The van der Waals surface area contributed by atoms with E-state index in [0.717, 1.165) is 18.6 Å². The molecule has 3 atom stereocenters. The topological polar surface area (TPSA) is 35.2 Å². The molecule has 0 fully saturated rings. The Morgan fingerprint density at radius 3 is 2.81 bits per heavy atom. The van der Waals surface area contributed by atoms with Crippen molar-refractivity contribution in [3.63, 3.8) is 0 Å². The summed E-state index contributed by atoms with van der Waals surface area (Å²) in [6.45, 7) is 2.02. The van der Waals surface area contributed by atoms with Gasteiger partial charge in [-0.25, -0.2) is 0 Å². The average molecular weight is 302 g/mol. The highest BCUT2D eigenvalue weighted by molar-refractivity contribution is 6.30. The van der Waals surface area contributed by atoms with Crippen molar-refractivity contribution >= 4 is 11.6 Å². The normalized spacial score (nSPS) is 19.3. The van der Waals surface area contributed by atoms with E-state index in [4.69, 9.17) is 22.1 Å². The third kappa shape index (κ3) is 3.22. The number of hydrogen-bond acceptors (Lipinski definition) is 2. The van der Waals surface area contributed by atoms with Crippen LogP contribution in [0.4, 0.5) is 0 Å². The van der Waals surface area contributed by atoms with Crippen LogP contribution in [0.25, 0.3) is 0 Å². The van der Waals surface area contributed by atoms with Gasteiger partial charge in [-0.15, -0.1) is 0 Å². The maximum absolute atomic E-state index is 6.31. The molecule has 2 N–H and O–H groups in total. The zero-order chi connectivity index (χ0) is 14.8. The third-order valence-electron chi connectivity index (χ3n) is 4.24. The standard InChI is InChI=1S/C18H20ClNO/c1-12(21-16-7-4-6-15(19)11-16)18(20)10-14-9-13-5-2-3-8-17(13)14/h2-8,11-12,14,18H,9-10,20H2,1H3. The first-order chi connectivity index (χ1) is 10.1. The lowest BCUT2D eigenvalue weighted by atomic mass is 9.74. The summed E-state index contributed by atoms with van der Waals surface area (Å²) in [5, 5.41) is 0.682. The van der Waals surface area contributed by atoms with Gasteiger partial charge in [-0.3, -0.25) is 0 Å². The molecule has 2 aromatic carbocycles. The van der Waals surface area contributed by atoms with E-state index in [1.54, 1.807) is 0 Å². The van der Waals surface area contributed by atoms with Gasteiger partial charge in [0.2, 0.25) is 0 Å². The third-order valence-corrected chi connectivity index (χ3v) is 4.47. The Labute approximate surface area is 130 Å². The van der Waals surface area contributed by atoms with Crippen molar-refractivity contribution in [2.75, 3.05) is 0 Å². The van der Waals surface area contributed by atoms with E-state index in [1.807, 2.05) is 31.2 Å². The minimum Gasteiger partial charge on any atom is -0.489 e. The Bertz CT molecular complexity index is 628. The molecule has 110 valence electrons. The van der Waals surface area contributed by atoms with Gasteiger partial charge >= 0.3 is 0 Å². The molecule has 0 heterocycles. The van der Waals surface area contributed by atoms with Crippen LogP contribution in [0.2, 0.25) is 5.02 Å². The summed E-state index contributed by atoms with van der Waals surface area (Å²) in [6, 6.07) is 16.1. The van der Waals surface area contributed by atoms with Crippen LogP contribution in [-0.4, -0.2) is 12.1 Å². The highest BCUT2D eigenvalue weighted by Crippen LogP contribution is 2.38. The Morgan fingerprint density at radius 1 is 1.24 bits per heavy atom. The van der Waals surface area contributed by atoms with Gasteiger partial charge < -0.3 is 10.5 Å². The van der Waals surface area contributed by atoms with Gasteiger partial charge in [0.15, 0.2) is 0 Å². The molecule has 1 aliphatic rings. The predicted octanol–water partition coefficient (Wildman–Crippen LogP) is 4.16. The van der Waals surface area contributed by atoms with E-state index < -0.39 is 0 Å². The SMILES string of the molecule is CC(Oc1cccc(Cl)c1)C(N)CC1Cc2ccccc21. The Balaban J connectivity index is 1.57. The van der Waals surface area contributed by atoms with Crippen molar-refractivity contribution in [1.82, 2.24) is 0 Å². The van der Waals surface area contributed by atoms with Crippen LogP contribution in [0.1, 0.15) is 30.4 Å². The molecule has 2 nitrogen and oxygen atoms in total. The van der Waals surface area contributed by atoms with E-state index in [0.29, 0.717) is 10.9 Å². The number of hydrogen-bond donors (Lipinski definition) is 1. The quantitative estimate of drug-likeness (QED) is 0.900. The maximum atomic E-state index is 6.31.